The number of Topliss-reactive ketones (excluding diaryl/α,β-unsaturated/α-hetero) is 1. The zero-order chi connectivity index (χ0) is 12.5. The number of rotatable bonds is 2. The topological polar surface area (TPSA) is 26.3 Å². The molecule has 0 bridgehead atoms. The summed E-state index contributed by atoms with van der Waals surface area (Å²) in [5.41, 5.74) is -0.209. The van der Waals surface area contributed by atoms with Crippen LogP contribution < -0.4 is 4.74 Å². The second-order valence-corrected chi connectivity index (χ2v) is 3.66. The highest BCUT2D eigenvalue weighted by Gasteiger charge is 2.31. The average molecular weight is 301 g/mol. The zero-order valence-electron chi connectivity index (χ0n) is 7.86. The lowest BCUT2D eigenvalue weighted by Crippen LogP contribution is -2.17. The number of halogens is 5. The molecule has 0 aliphatic rings. The Bertz CT molecular complexity index is 428. The predicted octanol–water partition coefficient (Wildman–Crippen LogP) is 3.69. The van der Waals surface area contributed by atoms with Crippen LogP contribution in [-0.2, 0) is 0 Å². The molecule has 0 aliphatic heterocycles. The number of carbonyl (C=O) groups excluding carboxylic acids is 1. The van der Waals surface area contributed by atoms with Gasteiger partial charge in [0.25, 0.3) is 0 Å². The molecule has 16 heavy (non-hydrogen) atoms. The van der Waals surface area contributed by atoms with Crippen LogP contribution in [0.3, 0.4) is 0 Å². The van der Waals surface area contributed by atoms with Crippen molar-refractivity contribution in [3.63, 3.8) is 0 Å². The van der Waals surface area contributed by atoms with Gasteiger partial charge in [0.1, 0.15) is 11.6 Å². The number of hydrogen-bond acceptors (Lipinski definition) is 2. The number of carbonyl (C=O) groups is 1. The van der Waals surface area contributed by atoms with Crippen LogP contribution in [0.4, 0.5) is 17.6 Å². The largest absolute Gasteiger partial charge is 0.573 e. The van der Waals surface area contributed by atoms with Gasteiger partial charge in [-0.15, -0.1) is 13.2 Å². The van der Waals surface area contributed by atoms with Gasteiger partial charge in [0.15, 0.2) is 5.78 Å². The van der Waals surface area contributed by atoms with E-state index in [1.165, 1.54) is 0 Å². The summed E-state index contributed by atoms with van der Waals surface area (Å²) in [5.74, 6) is -2.33. The van der Waals surface area contributed by atoms with Crippen LogP contribution in [-0.4, -0.2) is 12.1 Å². The fraction of sp³-hybridized carbons (Fsp3) is 0.222. The minimum Gasteiger partial charge on any atom is -0.406 e. The van der Waals surface area contributed by atoms with Crippen LogP contribution >= 0.6 is 15.9 Å². The summed E-state index contributed by atoms with van der Waals surface area (Å²) in [6.45, 7) is 1.11. The van der Waals surface area contributed by atoms with Gasteiger partial charge >= 0.3 is 6.36 Å². The van der Waals surface area contributed by atoms with Gasteiger partial charge in [-0.2, -0.15) is 0 Å². The smallest absolute Gasteiger partial charge is 0.406 e. The Labute approximate surface area is 96.3 Å². The summed E-state index contributed by atoms with van der Waals surface area (Å²) in [7, 11) is 0. The van der Waals surface area contributed by atoms with E-state index in [0.29, 0.717) is 6.07 Å². The molecule has 88 valence electrons. The van der Waals surface area contributed by atoms with Crippen molar-refractivity contribution in [1.29, 1.82) is 0 Å². The Kier molecular flexibility index (Phi) is 3.57. The lowest BCUT2D eigenvalue weighted by Gasteiger charge is -2.10. The van der Waals surface area contributed by atoms with Crippen LogP contribution in [0.2, 0.25) is 0 Å². The molecule has 0 fully saturated rings. The van der Waals surface area contributed by atoms with Gasteiger partial charge < -0.3 is 4.74 Å². The van der Waals surface area contributed by atoms with Gasteiger partial charge in [0.05, 0.1) is 4.47 Å². The van der Waals surface area contributed by atoms with E-state index >= 15 is 0 Å². The van der Waals surface area contributed by atoms with Gasteiger partial charge in [-0.05, 0) is 28.9 Å². The molecule has 0 aromatic heterocycles. The second-order valence-electron chi connectivity index (χ2n) is 2.87. The Balaban J connectivity index is 3.19. The van der Waals surface area contributed by atoms with Gasteiger partial charge in [0, 0.05) is 11.6 Å². The van der Waals surface area contributed by atoms with Crippen molar-refractivity contribution < 1.29 is 27.1 Å². The van der Waals surface area contributed by atoms with E-state index in [0.717, 1.165) is 13.0 Å². The molecule has 2 nitrogen and oxygen atoms in total. The molecule has 0 amide bonds. The van der Waals surface area contributed by atoms with Crippen LogP contribution in [0.5, 0.6) is 5.75 Å². The molecule has 1 aromatic carbocycles. The maximum atomic E-state index is 13.1. The van der Waals surface area contributed by atoms with E-state index in [1.807, 2.05) is 0 Å². The Morgan fingerprint density at radius 3 is 2.38 bits per heavy atom. The third kappa shape index (κ3) is 3.19. The number of ether oxygens (including phenoxy) is 1. The van der Waals surface area contributed by atoms with Crippen LogP contribution in [0.25, 0.3) is 0 Å². The van der Waals surface area contributed by atoms with Gasteiger partial charge in [0.2, 0.25) is 0 Å². The summed E-state index contributed by atoms with van der Waals surface area (Å²) in [5, 5.41) is 0. The number of ketones is 1. The molecule has 0 aliphatic carbocycles. The molecule has 0 heterocycles. The molecule has 0 saturated heterocycles. The highest BCUT2D eigenvalue weighted by atomic mass is 79.9. The lowest BCUT2D eigenvalue weighted by molar-refractivity contribution is -0.274. The molecular formula is C9H5BrF4O2. The zero-order valence-corrected chi connectivity index (χ0v) is 9.45. The Morgan fingerprint density at radius 1 is 1.38 bits per heavy atom. The van der Waals surface area contributed by atoms with E-state index < -0.39 is 23.7 Å². The normalized spacial score (nSPS) is 11.4. The molecule has 0 spiro atoms. The summed E-state index contributed by atoms with van der Waals surface area (Å²) < 4.78 is 52.1. The molecule has 0 N–H and O–H groups in total. The average Bonchev–Trinajstić information content (AvgIpc) is 2.07. The monoisotopic (exact) mass is 300 g/mol. The van der Waals surface area contributed by atoms with Crippen molar-refractivity contribution in [3.8, 4) is 5.75 Å². The van der Waals surface area contributed by atoms with Gasteiger partial charge in [-0.3, -0.25) is 4.79 Å². The summed E-state index contributed by atoms with van der Waals surface area (Å²) in [6, 6.07) is 1.37. The molecule has 1 aromatic rings. The van der Waals surface area contributed by atoms with Gasteiger partial charge in [-0.25, -0.2) is 4.39 Å². The lowest BCUT2D eigenvalue weighted by atomic mass is 10.1. The fourth-order valence-electron chi connectivity index (χ4n) is 1.01. The molecule has 1 rings (SSSR count). The molecular weight excluding hydrogens is 296 g/mol. The minimum atomic E-state index is -4.92. The molecule has 0 atom stereocenters. The van der Waals surface area contributed by atoms with Gasteiger partial charge in [-0.1, -0.05) is 0 Å². The third-order valence-electron chi connectivity index (χ3n) is 1.61. The predicted molar refractivity (Wildman–Crippen MR) is 50.8 cm³/mol. The van der Waals surface area contributed by atoms with Crippen molar-refractivity contribution in [2.75, 3.05) is 0 Å². The quantitative estimate of drug-likeness (QED) is 0.615. The van der Waals surface area contributed by atoms with Crippen molar-refractivity contribution >= 4 is 21.7 Å². The molecule has 0 unspecified atom stereocenters. The van der Waals surface area contributed by atoms with E-state index in [-0.39, 0.29) is 10.0 Å². The Hall–Kier alpha value is -1.11. The maximum absolute atomic E-state index is 13.1. The van der Waals surface area contributed by atoms with Crippen molar-refractivity contribution in [2.45, 2.75) is 13.3 Å². The Morgan fingerprint density at radius 2 is 1.94 bits per heavy atom. The van der Waals surface area contributed by atoms with Crippen molar-refractivity contribution in [1.82, 2.24) is 0 Å². The highest BCUT2D eigenvalue weighted by Crippen LogP contribution is 2.30. The fourth-order valence-corrected chi connectivity index (χ4v) is 1.52. The molecule has 0 saturated carbocycles. The van der Waals surface area contributed by atoms with Crippen LogP contribution in [0.1, 0.15) is 17.3 Å². The third-order valence-corrected chi connectivity index (χ3v) is 2.42. The standard InChI is InChI=1S/C9H5BrF4O2/c1-4(15)6-2-5(16-9(12,13)14)3-7(11)8(6)10/h2-3H,1H3. The first-order valence-electron chi connectivity index (χ1n) is 3.96. The van der Waals surface area contributed by atoms with Crippen LogP contribution in [0.15, 0.2) is 16.6 Å². The van der Waals surface area contributed by atoms with Crippen LogP contribution in [0, 0.1) is 5.82 Å². The molecule has 7 heteroatoms. The van der Waals surface area contributed by atoms with Crippen molar-refractivity contribution in [2.24, 2.45) is 0 Å². The highest BCUT2D eigenvalue weighted by molar-refractivity contribution is 9.10. The van der Waals surface area contributed by atoms with E-state index in [2.05, 4.69) is 20.7 Å². The summed E-state index contributed by atoms with van der Waals surface area (Å²) in [4.78, 5) is 11.0. The number of hydrogen-bond donors (Lipinski definition) is 0. The first-order chi connectivity index (χ1) is 7.20. The van der Waals surface area contributed by atoms with E-state index in [4.69, 9.17) is 0 Å². The van der Waals surface area contributed by atoms with E-state index in [1.54, 1.807) is 0 Å². The minimum absolute atomic E-state index is 0.186. The first kappa shape index (κ1) is 13.0. The first-order valence-corrected chi connectivity index (χ1v) is 4.75. The SMILES string of the molecule is CC(=O)c1cc(OC(F)(F)F)cc(F)c1Br. The molecule has 0 radical (unpaired) electrons. The second kappa shape index (κ2) is 4.40. The van der Waals surface area contributed by atoms with Crippen molar-refractivity contribution in [3.05, 3.63) is 28.0 Å². The van der Waals surface area contributed by atoms with E-state index in [9.17, 15) is 22.4 Å². The maximum Gasteiger partial charge on any atom is 0.573 e. The summed E-state index contributed by atoms with van der Waals surface area (Å²) >= 11 is 2.76. The number of benzene rings is 1. The summed E-state index contributed by atoms with van der Waals surface area (Å²) in [6.07, 6.45) is -4.92. The number of alkyl halides is 3.